The van der Waals surface area contributed by atoms with Crippen molar-refractivity contribution in [3.63, 3.8) is 0 Å². The summed E-state index contributed by atoms with van der Waals surface area (Å²) in [7, 11) is 1.68. The van der Waals surface area contributed by atoms with Crippen molar-refractivity contribution < 1.29 is 9.53 Å². The lowest BCUT2D eigenvalue weighted by Gasteiger charge is -2.27. The molecule has 0 spiro atoms. The maximum atomic E-state index is 12.3. The Morgan fingerprint density at radius 3 is 2.64 bits per heavy atom. The van der Waals surface area contributed by atoms with Gasteiger partial charge in [0.1, 0.15) is 5.75 Å². The quantitative estimate of drug-likeness (QED) is 0.905. The molecule has 1 aliphatic rings. The summed E-state index contributed by atoms with van der Waals surface area (Å²) in [6.45, 7) is 7.58. The predicted molar refractivity (Wildman–Crippen MR) is 89.9 cm³/mol. The Balaban J connectivity index is 2.10. The van der Waals surface area contributed by atoms with Gasteiger partial charge in [-0.1, -0.05) is 25.4 Å². The van der Waals surface area contributed by atoms with Crippen LogP contribution in [0, 0.1) is 0 Å². The molecule has 122 valence electrons. The number of nitrogens with one attached hydrogen (secondary N) is 1. The minimum absolute atomic E-state index is 0.203. The molecule has 0 bridgehead atoms. The number of carbonyl (C=O) groups excluding carboxylic acids is 1. The van der Waals surface area contributed by atoms with E-state index in [0.717, 1.165) is 43.1 Å². The fourth-order valence-corrected chi connectivity index (χ4v) is 3.10. The lowest BCUT2D eigenvalue weighted by atomic mass is 9.97. The van der Waals surface area contributed by atoms with Crippen LogP contribution in [0.1, 0.15) is 37.3 Å². The maximum absolute atomic E-state index is 12.3. The number of hydrogen-bond acceptors (Lipinski definition) is 3. The molecule has 1 amide bonds. The van der Waals surface area contributed by atoms with Crippen molar-refractivity contribution >= 4 is 17.5 Å². The smallest absolute Gasteiger partial charge is 0.222 e. The molecule has 0 radical (unpaired) electrons. The van der Waals surface area contributed by atoms with Gasteiger partial charge in [0.25, 0.3) is 0 Å². The van der Waals surface area contributed by atoms with Crippen LogP contribution in [-0.4, -0.2) is 44.1 Å². The molecule has 0 aliphatic carbocycles. The number of methoxy groups -OCH3 is 1. The van der Waals surface area contributed by atoms with E-state index >= 15 is 0 Å². The molecule has 1 aliphatic heterocycles. The van der Waals surface area contributed by atoms with Gasteiger partial charge in [0.2, 0.25) is 5.91 Å². The third-order valence-corrected chi connectivity index (χ3v) is 4.28. The summed E-state index contributed by atoms with van der Waals surface area (Å²) in [5, 5.41) is 3.96. The molecule has 1 N–H and O–H groups in total. The van der Waals surface area contributed by atoms with Gasteiger partial charge in [0.05, 0.1) is 7.11 Å². The Morgan fingerprint density at radius 2 is 2.05 bits per heavy atom. The van der Waals surface area contributed by atoms with E-state index in [0.29, 0.717) is 23.8 Å². The summed E-state index contributed by atoms with van der Waals surface area (Å²) in [6.07, 6.45) is 1.15. The second kappa shape index (κ2) is 7.84. The van der Waals surface area contributed by atoms with Crippen LogP contribution in [-0.2, 0) is 11.2 Å². The highest BCUT2D eigenvalue weighted by Gasteiger charge is 2.18. The van der Waals surface area contributed by atoms with E-state index in [-0.39, 0.29) is 5.91 Å². The number of aryl methyl sites for hydroxylation is 1. The van der Waals surface area contributed by atoms with E-state index < -0.39 is 0 Å². The van der Waals surface area contributed by atoms with Crippen molar-refractivity contribution in [2.24, 2.45) is 0 Å². The van der Waals surface area contributed by atoms with Crippen LogP contribution < -0.4 is 10.1 Å². The Labute approximate surface area is 137 Å². The zero-order valence-electron chi connectivity index (χ0n) is 13.6. The Morgan fingerprint density at radius 1 is 1.36 bits per heavy atom. The van der Waals surface area contributed by atoms with Crippen LogP contribution in [0.25, 0.3) is 0 Å². The lowest BCUT2D eigenvalue weighted by Crippen LogP contribution is -2.46. The first-order valence-corrected chi connectivity index (χ1v) is 8.25. The molecule has 1 aromatic rings. The molecule has 22 heavy (non-hydrogen) atoms. The lowest BCUT2D eigenvalue weighted by molar-refractivity contribution is -0.131. The van der Waals surface area contributed by atoms with E-state index in [1.54, 1.807) is 7.11 Å². The number of benzene rings is 1. The SMILES string of the molecule is COc1c(CCC(=O)N2CCNCC2)cc(Cl)cc1C(C)C. The third kappa shape index (κ3) is 4.14. The van der Waals surface area contributed by atoms with Gasteiger partial charge in [0, 0.05) is 37.6 Å². The largest absolute Gasteiger partial charge is 0.496 e. The molecule has 4 nitrogen and oxygen atoms in total. The van der Waals surface area contributed by atoms with Crippen LogP contribution in [0.3, 0.4) is 0 Å². The normalized spacial score (nSPS) is 15.2. The molecule has 1 saturated heterocycles. The van der Waals surface area contributed by atoms with E-state index in [9.17, 15) is 4.79 Å². The third-order valence-electron chi connectivity index (χ3n) is 4.06. The minimum atomic E-state index is 0.203. The summed E-state index contributed by atoms with van der Waals surface area (Å²) in [6, 6.07) is 3.87. The van der Waals surface area contributed by atoms with Crippen molar-refractivity contribution in [1.29, 1.82) is 0 Å². The van der Waals surface area contributed by atoms with Gasteiger partial charge in [-0.05, 0) is 35.6 Å². The summed E-state index contributed by atoms with van der Waals surface area (Å²) in [5.74, 6) is 1.40. The van der Waals surface area contributed by atoms with Crippen molar-refractivity contribution in [2.75, 3.05) is 33.3 Å². The molecule has 0 aromatic heterocycles. The summed E-state index contributed by atoms with van der Waals surface area (Å²) in [5.41, 5.74) is 2.11. The van der Waals surface area contributed by atoms with Crippen molar-refractivity contribution in [2.45, 2.75) is 32.6 Å². The van der Waals surface area contributed by atoms with Crippen molar-refractivity contribution in [1.82, 2.24) is 10.2 Å². The van der Waals surface area contributed by atoms with Gasteiger partial charge in [0.15, 0.2) is 0 Å². The fourth-order valence-electron chi connectivity index (χ4n) is 2.85. The van der Waals surface area contributed by atoms with Gasteiger partial charge in [-0.15, -0.1) is 0 Å². The van der Waals surface area contributed by atoms with Crippen LogP contribution in [0.5, 0.6) is 5.75 Å². The van der Waals surface area contributed by atoms with E-state index in [2.05, 4.69) is 19.2 Å². The van der Waals surface area contributed by atoms with Gasteiger partial charge in [-0.3, -0.25) is 4.79 Å². The monoisotopic (exact) mass is 324 g/mol. The molecule has 0 saturated carbocycles. The van der Waals surface area contributed by atoms with Crippen LogP contribution in [0.15, 0.2) is 12.1 Å². The molecule has 0 atom stereocenters. The first-order valence-electron chi connectivity index (χ1n) is 7.87. The molecular weight excluding hydrogens is 300 g/mol. The molecule has 1 aromatic carbocycles. The first kappa shape index (κ1) is 17.1. The Hall–Kier alpha value is -1.26. The number of nitrogens with zero attached hydrogens (tertiary/aromatic N) is 1. The average molecular weight is 325 g/mol. The van der Waals surface area contributed by atoms with Gasteiger partial charge < -0.3 is 15.0 Å². The van der Waals surface area contributed by atoms with Crippen LogP contribution in [0.4, 0.5) is 0 Å². The summed E-state index contributed by atoms with van der Waals surface area (Å²) >= 11 is 6.23. The minimum Gasteiger partial charge on any atom is -0.496 e. The average Bonchev–Trinajstić information content (AvgIpc) is 2.52. The van der Waals surface area contributed by atoms with Crippen LogP contribution in [0.2, 0.25) is 5.02 Å². The number of rotatable bonds is 5. The van der Waals surface area contributed by atoms with E-state index in [4.69, 9.17) is 16.3 Å². The standard InChI is InChI=1S/C17H25ClN2O2/c1-12(2)15-11-14(18)10-13(17(15)22-3)4-5-16(21)20-8-6-19-7-9-20/h10-12,19H,4-9H2,1-3H3. The second-order valence-electron chi connectivity index (χ2n) is 5.97. The van der Waals surface area contributed by atoms with E-state index in [1.807, 2.05) is 17.0 Å². The molecule has 2 rings (SSSR count). The second-order valence-corrected chi connectivity index (χ2v) is 6.41. The van der Waals surface area contributed by atoms with Gasteiger partial charge in [-0.25, -0.2) is 0 Å². The highest BCUT2D eigenvalue weighted by atomic mass is 35.5. The zero-order chi connectivity index (χ0) is 16.1. The summed E-state index contributed by atoms with van der Waals surface area (Å²) < 4.78 is 5.58. The zero-order valence-corrected chi connectivity index (χ0v) is 14.4. The predicted octanol–water partition coefficient (Wildman–Crippen LogP) is 2.84. The molecule has 1 heterocycles. The van der Waals surface area contributed by atoms with Crippen LogP contribution >= 0.6 is 11.6 Å². The number of carbonyl (C=O) groups is 1. The number of amides is 1. The number of halogens is 1. The fraction of sp³-hybridized carbons (Fsp3) is 0.588. The topological polar surface area (TPSA) is 41.6 Å². The van der Waals surface area contributed by atoms with Gasteiger partial charge in [-0.2, -0.15) is 0 Å². The molecular formula is C17H25ClN2O2. The molecule has 1 fully saturated rings. The first-order chi connectivity index (χ1) is 10.5. The maximum Gasteiger partial charge on any atom is 0.222 e. The van der Waals surface area contributed by atoms with E-state index in [1.165, 1.54) is 0 Å². The highest BCUT2D eigenvalue weighted by Crippen LogP contribution is 2.34. The molecule has 0 unspecified atom stereocenters. The van der Waals surface area contributed by atoms with Crippen molar-refractivity contribution in [3.05, 3.63) is 28.3 Å². The molecule has 5 heteroatoms. The summed E-state index contributed by atoms with van der Waals surface area (Å²) in [4.78, 5) is 14.2. The van der Waals surface area contributed by atoms with Crippen molar-refractivity contribution in [3.8, 4) is 5.75 Å². The number of hydrogen-bond donors (Lipinski definition) is 1. The highest BCUT2D eigenvalue weighted by molar-refractivity contribution is 6.30. The Kier molecular flexibility index (Phi) is 6.09. The Bertz CT molecular complexity index is 526. The number of ether oxygens (including phenoxy) is 1. The number of piperazine rings is 1. The van der Waals surface area contributed by atoms with Gasteiger partial charge >= 0.3 is 0 Å².